The van der Waals surface area contributed by atoms with Crippen LogP contribution in [0.5, 0.6) is 0 Å². The molecule has 1 aromatic heterocycles. The van der Waals surface area contributed by atoms with E-state index in [1.807, 2.05) is 24.7 Å². The summed E-state index contributed by atoms with van der Waals surface area (Å²) in [4.78, 5) is 4.29. The van der Waals surface area contributed by atoms with E-state index in [2.05, 4.69) is 29.2 Å². The van der Waals surface area contributed by atoms with Gasteiger partial charge in [-0.2, -0.15) is 0 Å². The first-order chi connectivity index (χ1) is 7.18. The second-order valence-corrected chi connectivity index (χ2v) is 3.77. The van der Waals surface area contributed by atoms with E-state index < -0.39 is 0 Å². The number of halogens is 1. The molecule has 2 rings (SSSR count). The van der Waals surface area contributed by atoms with Crippen molar-refractivity contribution in [2.75, 3.05) is 0 Å². The fourth-order valence-corrected chi connectivity index (χ4v) is 1.58. The monoisotopic (exact) mass is 237 g/mol. The van der Waals surface area contributed by atoms with Crippen molar-refractivity contribution in [3.8, 4) is 11.4 Å². The van der Waals surface area contributed by atoms with E-state index in [9.17, 15) is 0 Å². The maximum Gasteiger partial charge on any atom is 0.139 e. The Bertz CT molecular complexity index is 446. The van der Waals surface area contributed by atoms with Crippen LogP contribution < -0.4 is 5.73 Å². The van der Waals surface area contributed by atoms with Crippen molar-refractivity contribution in [1.29, 1.82) is 0 Å². The first-order valence-corrected chi connectivity index (χ1v) is 5.01. The van der Waals surface area contributed by atoms with Gasteiger partial charge in [0.15, 0.2) is 0 Å². The van der Waals surface area contributed by atoms with Crippen LogP contribution in [0.4, 0.5) is 0 Å². The molecule has 2 aromatic rings. The molecule has 0 aliphatic heterocycles. The largest absolute Gasteiger partial charge is 0.334 e. The number of hydrogen-bond donors (Lipinski definition) is 1. The van der Waals surface area contributed by atoms with Gasteiger partial charge in [-0.25, -0.2) is 4.98 Å². The van der Waals surface area contributed by atoms with Crippen LogP contribution in [0.1, 0.15) is 18.5 Å². The fraction of sp³-hybridized carbons (Fsp3) is 0.250. The average Bonchev–Trinajstić information content (AvgIpc) is 2.65. The molecular formula is C12H16ClN3. The molecular weight excluding hydrogens is 222 g/mol. The predicted octanol–water partition coefficient (Wildman–Crippen LogP) is 2.53. The van der Waals surface area contributed by atoms with Gasteiger partial charge in [0.05, 0.1) is 0 Å². The molecule has 0 radical (unpaired) electrons. The fourth-order valence-electron chi connectivity index (χ4n) is 1.58. The first kappa shape index (κ1) is 12.7. The van der Waals surface area contributed by atoms with Crippen molar-refractivity contribution in [2.24, 2.45) is 12.8 Å². The van der Waals surface area contributed by atoms with Crippen molar-refractivity contribution >= 4 is 12.4 Å². The zero-order chi connectivity index (χ0) is 10.8. The van der Waals surface area contributed by atoms with Crippen LogP contribution >= 0.6 is 12.4 Å². The Kier molecular flexibility index (Phi) is 4.10. The number of rotatable bonds is 2. The number of imidazole rings is 1. The lowest BCUT2D eigenvalue weighted by atomic mass is 10.1. The molecule has 2 N–H and O–H groups in total. The Morgan fingerprint density at radius 3 is 2.31 bits per heavy atom. The Morgan fingerprint density at radius 2 is 1.88 bits per heavy atom. The van der Waals surface area contributed by atoms with E-state index in [1.54, 1.807) is 6.20 Å². The van der Waals surface area contributed by atoms with Crippen LogP contribution in [-0.4, -0.2) is 9.55 Å². The summed E-state index contributed by atoms with van der Waals surface area (Å²) in [6.07, 6.45) is 3.74. The smallest absolute Gasteiger partial charge is 0.139 e. The first-order valence-electron chi connectivity index (χ1n) is 5.01. The zero-order valence-corrected chi connectivity index (χ0v) is 10.2. The van der Waals surface area contributed by atoms with Crippen LogP contribution in [0.15, 0.2) is 36.7 Å². The number of nitrogens with two attached hydrogens (primary N) is 1. The lowest BCUT2D eigenvalue weighted by Crippen LogP contribution is -2.04. The maximum absolute atomic E-state index is 5.79. The highest BCUT2D eigenvalue weighted by Crippen LogP contribution is 2.19. The molecule has 4 heteroatoms. The second-order valence-electron chi connectivity index (χ2n) is 3.77. The van der Waals surface area contributed by atoms with Crippen LogP contribution in [0, 0.1) is 0 Å². The molecule has 1 heterocycles. The van der Waals surface area contributed by atoms with Crippen LogP contribution in [0.3, 0.4) is 0 Å². The maximum atomic E-state index is 5.79. The van der Waals surface area contributed by atoms with Crippen molar-refractivity contribution in [3.63, 3.8) is 0 Å². The number of aromatic nitrogens is 2. The summed E-state index contributed by atoms with van der Waals surface area (Å²) in [5.41, 5.74) is 8.06. The molecule has 1 atom stereocenters. The van der Waals surface area contributed by atoms with Crippen molar-refractivity contribution in [2.45, 2.75) is 13.0 Å². The van der Waals surface area contributed by atoms with Crippen molar-refractivity contribution in [1.82, 2.24) is 9.55 Å². The van der Waals surface area contributed by atoms with Gasteiger partial charge in [0.1, 0.15) is 5.82 Å². The standard InChI is InChI=1S/C12H15N3.ClH/c1-9(13)10-3-5-11(6-4-10)12-14-7-8-15(12)2;/h3-9H,13H2,1-2H3;1H/t9-;/m0./s1. The van der Waals surface area contributed by atoms with Crippen molar-refractivity contribution in [3.05, 3.63) is 42.2 Å². The Labute approximate surface area is 102 Å². The summed E-state index contributed by atoms with van der Waals surface area (Å²) in [5, 5.41) is 0. The molecule has 0 spiro atoms. The van der Waals surface area contributed by atoms with Gasteiger partial charge >= 0.3 is 0 Å². The van der Waals surface area contributed by atoms with E-state index >= 15 is 0 Å². The lowest BCUT2D eigenvalue weighted by Gasteiger charge is -2.06. The summed E-state index contributed by atoms with van der Waals surface area (Å²) < 4.78 is 2.00. The van der Waals surface area contributed by atoms with Gasteiger partial charge in [-0.3, -0.25) is 0 Å². The molecule has 0 saturated heterocycles. The minimum absolute atomic E-state index is 0. The molecule has 3 nitrogen and oxygen atoms in total. The van der Waals surface area contributed by atoms with Gasteiger partial charge in [-0.1, -0.05) is 24.3 Å². The van der Waals surface area contributed by atoms with Gasteiger partial charge in [0.25, 0.3) is 0 Å². The molecule has 0 aliphatic carbocycles. The number of benzene rings is 1. The zero-order valence-electron chi connectivity index (χ0n) is 9.42. The quantitative estimate of drug-likeness (QED) is 0.872. The third-order valence-corrected chi connectivity index (χ3v) is 2.52. The highest BCUT2D eigenvalue weighted by molar-refractivity contribution is 5.85. The molecule has 0 bridgehead atoms. The topological polar surface area (TPSA) is 43.8 Å². The van der Waals surface area contributed by atoms with Gasteiger partial charge in [-0.05, 0) is 12.5 Å². The summed E-state index contributed by atoms with van der Waals surface area (Å²) in [7, 11) is 1.99. The van der Waals surface area contributed by atoms with E-state index in [4.69, 9.17) is 5.73 Å². The summed E-state index contributed by atoms with van der Waals surface area (Å²) in [6.45, 7) is 1.98. The minimum atomic E-state index is 0. The molecule has 0 amide bonds. The molecule has 1 aromatic carbocycles. The van der Waals surface area contributed by atoms with Crippen LogP contribution in [0.25, 0.3) is 11.4 Å². The van der Waals surface area contributed by atoms with E-state index in [0.29, 0.717) is 0 Å². The lowest BCUT2D eigenvalue weighted by molar-refractivity contribution is 0.818. The minimum Gasteiger partial charge on any atom is -0.334 e. The SMILES string of the molecule is C[C@H](N)c1ccc(-c2nccn2C)cc1.Cl. The number of nitrogens with zero attached hydrogens (tertiary/aromatic N) is 2. The normalized spacial score (nSPS) is 11.9. The van der Waals surface area contributed by atoms with E-state index in [-0.39, 0.29) is 18.4 Å². The Morgan fingerprint density at radius 1 is 1.25 bits per heavy atom. The molecule has 0 unspecified atom stereocenters. The molecule has 0 aliphatic rings. The molecule has 86 valence electrons. The van der Waals surface area contributed by atoms with Gasteiger partial charge in [-0.15, -0.1) is 12.4 Å². The second kappa shape index (κ2) is 5.14. The Hall–Kier alpha value is -1.32. The third kappa shape index (κ3) is 2.43. The van der Waals surface area contributed by atoms with E-state index in [0.717, 1.165) is 17.0 Å². The third-order valence-electron chi connectivity index (χ3n) is 2.52. The molecule has 0 fully saturated rings. The summed E-state index contributed by atoms with van der Waals surface area (Å²) in [6, 6.07) is 8.30. The van der Waals surface area contributed by atoms with Gasteiger partial charge in [0.2, 0.25) is 0 Å². The highest BCUT2D eigenvalue weighted by atomic mass is 35.5. The van der Waals surface area contributed by atoms with Crippen LogP contribution in [0.2, 0.25) is 0 Å². The summed E-state index contributed by atoms with van der Waals surface area (Å²) in [5.74, 6) is 0.978. The van der Waals surface area contributed by atoms with Crippen molar-refractivity contribution < 1.29 is 0 Å². The number of hydrogen-bond acceptors (Lipinski definition) is 2. The average molecular weight is 238 g/mol. The van der Waals surface area contributed by atoms with Gasteiger partial charge < -0.3 is 10.3 Å². The molecule has 16 heavy (non-hydrogen) atoms. The van der Waals surface area contributed by atoms with E-state index in [1.165, 1.54) is 0 Å². The highest BCUT2D eigenvalue weighted by Gasteiger charge is 2.04. The molecule has 0 saturated carbocycles. The predicted molar refractivity (Wildman–Crippen MR) is 68.5 cm³/mol. The Balaban J connectivity index is 0.00000128. The number of aryl methyl sites for hydroxylation is 1. The van der Waals surface area contributed by atoms with Gasteiger partial charge in [0, 0.05) is 31.0 Å². The summed E-state index contributed by atoms with van der Waals surface area (Å²) >= 11 is 0. The van der Waals surface area contributed by atoms with Crippen LogP contribution in [-0.2, 0) is 7.05 Å².